The molecule has 0 aliphatic rings. The van der Waals surface area contributed by atoms with Gasteiger partial charge in [0.1, 0.15) is 5.15 Å². The standard InChI is InChI=1S/C7H4BrClF3NO/c1-3-2-13-6(9)4(8)5(3)14-7(10,11)12/h2H,1H3. The van der Waals surface area contributed by atoms with Crippen molar-refractivity contribution in [1.82, 2.24) is 4.98 Å². The van der Waals surface area contributed by atoms with Crippen molar-refractivity contribution in [2.45, 2.75) is 13.3 Å². The highest BCUT2D eigenvalue weighted by Gasteiger charge is 2.33. The molecule has 2 nitrogen and oxygen atoms in total. The molecule has 0 radical (unpaired) electrons. The summed E-state index contributed by atoms with van der Waals surface area (Å²) in [5.41, 5.74) is 0.249. The topological polar surface area (TPSA) is 22.1 Å². The zero-order valence-electron chi connectivity index (χ0n) is 6.82. The molecule has 7 heteroatoms. The molecule has 1 aromatic rings. The van der Waals surface area contributed by atoms with Crippen molar-refractivity contribution in [3.05, 3.63) is 21.4 Å². The number of ether oxygens (including phenoxy) is 1. The molecule has 0 saturated heterocycles. The summed E-state index contributed by atoms with van der Waals surface area (Å²) < 4.78 is 39.5. The lowest BCUT2D eigenvalue weighted by Gasteiger charge is -2.12. The Balaban J connectivity index is 3.13. The summed E-state index contributed by atoms with van der Waals surface area (Å²) >= 11 is 8.37. The van der Waals surface area contributed by atoms with E-state index in [4.69, 9.17) is 11.6 Å². The molecule has 0 atom stereocenters. The first kappa shape index (κ1) is 11.6. The third-order valence-electron chi connectivity index (χ3n) is 1.33. The Morgan fingerprint density at radius 1 is 1.50 bits per heavy atom. The molecule has 0 aromatic carbocycles. The minimum absolute atomic E-state index is 0.00325. The Bertz CT molecular complexity index is 356. The van der Waals surface area contributed by atoms with Crippen LogP contribution in [0.3, 0.4) is 0 Å². The molecule has 1 heterocycles. The summed E-state index contributed by atoms with van der Waals surface area (Å²) in [6.45, 7) is 1.44. The van der Waals surface area contributed by atoms with E-state index in [9.17, 15) is 13.2 Å². The molecule has 14 heavy (non-hydrogen) atoms. The van der Waals surface area contributed by atoms with Crippen LogP contribution in [0.4, 0.5) is 13.2 Å². The van der Waals surface area contributed by atoms with E-state index in [0.29, 0.717) is 0 Å². The summed E-state index contributed by atoms with van der Waals surface area (Å²) in [5, 5.41) is -0.0742. The van der Waals surface area contributed by atoms with E-state index in [1.807, 2.05) is 0 Å². The fourth-order valence-electron chi connectivity index (χ4n) is 0.777. The number of halogens is 5. The van der Waals surface area contributed by atoms with E-state index in [2.05, 4.69) is 25.7 Å². The number of aromatic nitrogens is 1. The summed E-state index contributed by atoms with van der Waals surface area (Å²) in [6, 6.07) is 0. The molecule has 0 N–H and O–H groups in total. The van der Waals surface area contributed by atoms with Gasteiger partial charge in [0.05, 0.1) is 4.47 Å². The van der Waals surface area contributed by atoms with Crippen LogP contribution in [0.2, 0.25) is 5.15 Å². The fraction of sp³-hybridized carbons (Fsp3) is 0.286. The lowest BCUT2D eigenvalue weighted by molar-refractivity contribution is -0.275. The highest BCUT2D eigenvalue weighted by Crippen LogP contribution is 2.36. The van der Waals surface area contributed by atoms with Gasteiger partial charge in [-0.1, -0.05) is 11.6 Å². The molecule has 0 amide bonds. The normalized spacial score (nSPS) is 11.6. The van der Waals surface area contributed by atoms with Gasteiger partial charge in [0.25, 0.3) is 0 Å². The van der Waals surface area contributed by atoms with Crippen LogP contribution in [0.25, 0.3) is 0 Å². The highest BCUT2D eigenvalue weighted by atomic mass is 79.9. The SMILES string of the molecule is Cc1cnc(Cl)c(Br)c1OC(F)(F)F. The Morgan fingerprint density at radius 3 is 2.57 bits per heavy atom. The maximum absolute atomic E-state index is 11.9. The van der Waals surface area contributed by atoms with Crippen molar-refractivity contribution in [1.29, 1.82) is 0 Å². The molecule has 1 rings (SSSR count). The second-order valence-electron chi connectivity index (χ2n) is 2.42. The maximum Gasteiger partial charge on any atom is 0.573 e. The van der Waals surface area contributed by atoms with Gasteiger partial charge in [-0.25, -0.2) is 4.98 Å². The van der Waals surface area contributed by atoms with E-state index in [1.54, 1.807) is 0 Å². The number of pyridine rings is 1. The summed E-state index contributed by atoms with van der Waals surface area (Å²) in [5.74, 6) is -0.363. The van der Waals surface area contributed by atoms with Crippen molar-refractivity contribution in [3.8, 4) is 5.75 Å². The average Bonchev–Trinajstić information content (AvgIpc) is 2.04. The number of hydrogen-bond acceptors (Lipinski definition) is 2. The molecular formula is C7H4BrClF3NO. The van der Waals surface area contributed by atoms with Crippen molar-refractivity contribution in [2.75, 3.05) is 0 Å². The van der Waals surface area contributed by atoms with Crippen molar-refractivity contribution < 1.29 is 17.9 Å². The largest absolute Gasteiger partial charge is 0.573 e. The van der Waals surface area contributed by atoms with E-state index >= 15 is 0 Å². The van der Waals surface area contributed by atoms with Crippen LogP contribution < -0.4 is 4.74 Å². The Kier molecular flexibility index (Phi) is 3.26. The average molecular weight is 290 g/mol. The van der Waals surface area contributed by atoms with Gasteiger partial charge in [-0.2, -0.15) is 0 Å². The van der Waals surface area contributed by atoms with Crippen LogP contribution in [0, 0.1) is 6.92 Å². The minimum atomic E-state index is -4.74. The molecule has 0 unspecified atom stereocenters. The number of alkyl halides is 3. The van der Waals surface area contributed by atoms with Gasteiger partial charge in [0, 0.05) is 11.8 Å². The molecule has 1 aromatic heterocycles. The quantitative estimate of drug-likeness (QED) is 0.736. The first-order chi connectivity index (χ1) is 6.31. The number of rotatable bonds is 1. The first-order valence-corrected chi connectivity index (χ1v) is 4.54. The maximum atomic E-state index is 11.9. The second kappa shape index (κ2) is 3.94. The van der Waals surface area contributed by atoms with Gasteiger partial charge >= 0.3 is 6.36 Å². The zero-order valence-corrected chi connectivity index (χ0v) is 9.16. The third-order valence-corrected chi connectivity index (χ3v) is 2.58. The summed E-state index contributed by atoms with van der Waals surface area (Å²) in [6.07, 6.45) is -3.54. The van der Waals surface area contributed by atoms with E-state index in [-0.39, 0.29) is 20.9 Å². The van der Waals surface area contributed by atoms with Gasteiger partial charge in [-0.05, 0) is 22.9 Å². The molecule has 0 aliphatic carbocycles. The van der Waals surface area contributed by atoms with Crippen molar-refractivity contribution >= 4 is 27.5 Å². The Morgan fingerprint density at radius 2 is 2.07 bits per heavy atom. The van der Waals surface area contributed by atoms with Crippen LogP contribution >= 0.6 is 27.5 Å². The number of nitrogens with zero attached hydrogens (tertiary/aromatic N) is 1. The molecule has 0 saturated carbocycles. The van der Waals surface area contributed by atoms with E-state index in [1.165, 1.54) is 13.1 Å². The van der Waals surface area contributed by atoms with Gasteiger partial charge in [-0.3, -0.25) is 0 Å². The molecule has 78 valence electrons. The monoisotopic (exact) mass is 289 g/mol. The van der Waals surface area contributed by atoms with Crippen LogP contribution in [-0.4, -0.2) is 11.3 Å². The van der Waals surface area contributed by atoms with Crippen molar-refractivity contribution in [3.63, 3.8) is 0 Å². The Hall–Kier alpha value is -0.490. The van der Waals surface area contributed by atoms with Crippen LogP contribution in [0.5, 0.6) is 5.75 Å². The Labute approximate surface area is 91.2 Å². The number of hydrogen-bond donors (Lipinski definition) is 0. The third kappa shape index (κ3) is 2.75. The fourth-order valence-corrected chi connectivity index (χ4v) is 1.41. The van der Waals surface area contributed by atoms with Gasteiger partial charge in [-0.15, -0.1) is 13.2 Å². The second-order valence-corrected chi connectivity index (χ2v) is 3.57. The molecular weight excluding hydrogens is 286 g/mol. The summed E-state index contributed by atoms with van der Waals surface area (Å²) in [7, 11) is 0. The number of aryl methyl sites for hydroxylation is 1. The van der Waals surface area contributed by atoms with Crippen LogP contribution in [0.15, 0.2) is 10.7 Å². The highest BCUT2D eigenvalue weighted by molar-refractivity contribution is 9.10. The molecule has 0 spiro atoms. The van der Waals surface area contributed by atoms with Gasteiger partial charge in [0.2, 0.25) is 0 Å². The van der Waals surface area contributed by atoms with Gasteiger partial charge in [0.15, 0.2) is 5.75 Å². The smallest absolute Gasteiger partial charge is 0.404 e. The van der Waals surface area contributed by atoms with Gasteiger partial charge < -0.3 is 4.74 Å². The lowest BCUT2D eigenvalue weighted by atomic mass is 10.3. The minimum Gasteiger partial charge on any atom is -0.404 e. The molecule has 0 aliphatic heterocycles. The van der Waals surface area contributed by atoms with E-state index in [0.717, 1.165) is 0 Å². The summed E-state index contributed by atoms with van der Waals surface area (Å²) in [4.78, 5) is 3.64. The first-order valence-electron chi connectivity index (χ1n) is 3.37. The molecule has 0 fully saturated rings. The van der Waals surface area contributed by atoms with Crippen LogP contribution in [0.1, 0.15) is 5.56 Å². The predicted octanol–water partition coefficient (Wildman–Crippen LogP) is 3.70. The van der Waals surface area contributed by atoms with Crippen LogP contribution in [-0.2, 0) is 0 Å². The van der Waals surface area contributed by atoms with Crippen molar-refractivity contribution in [2.24, 2.45) is 0 Å². The predicted molar refractivity (Wildman–Crippen MR) is 48.4 cm³/mol. The lowest BCUT2D eigenvalue weighted by Crippen LogP contribution is -2.18. The zero-order chi connectivity index (χ0) is 10.9. The molecule has 0 bridgehead atoms. The van der Waals surface area contributed by atoms with E-state index < -0.39 is 6.36 Å².